The smallest absolute Gasteiger partial charge is 0.305 e. The van der Waals surface area contributed by atoms with E-state index in [0.29, 0.717) is 6.42 Å². The number of hydrazone groups is 1. The van der Waals surface area contributed by atoms with Crippen LogP contribution in [0.25, 0.3) is 0 Å². The Bertz CT molecular complexity index is 756. The summed E-state index contributed by atoms with van der Waals surface area (Å²) >= 11 is 0. The molecule has 0 spiro atoms. The highest BCUT2D eigenvalue weighted by molar-refractivity contribution is 5.92. The summed E-state index contributed by atoms with van der Waals surface area (Å²) in [6.45, 7) is 0.893. The van der Waals surface area contributed by atoms with E-state index in [1.54, 1.807) is 0 Å². The molecule has 0 bridgehead atoms. The van der Waals surface area contributed by atoms with Gasteiger partial charge in [0, 0.05) is 13.0 Å². The molecule has 0 fully saturated rings. The number of hydrogen-bond donors (Lipinski definition) is 2. The van der Waals surface area contributed by atoms with Crippen LogP contribution in [0.4, 0.5) is 0 Å². The normalized spacial score (nSPS) is 13.3. The van der Waals surface area contributed by atoms with Gasteiger partial charge in [-0.15, -0.1) is 10.6 Å². The number of rotatable bonds is 12. The molecule has 3 rings (SSSR count). The van der Waals surface area contributed by atoms with Crippen LogP contribution in [0.15, 0.2) is 65.8 Å². The molecule has 6 heteroatoms. The Morgan fingerprint density at radius 1 is 0.900 bits per heavy atom. The number of ether oxygens (including phenoxy) is 1. The molecule has 160 valence electrons. The minimum absolute atomic E-state index is 0.0771. The van der Waals surface area contributed by atoms with E-state index in [1.165, 1.54) is 24.7 Å². The molecular weight excluding hydrogens is 376 g/mol. The molecular formula is C24H32N4O2. The Kier molecular flexibility index (Phi) is 8.72. The molecule has 0 radical (unpaired) electrons. The number of nitrogens with one attached hydrogen (secondary N) is 2. The van der Waals surface area contributed by atoms with Gasteiger partial charge in [-0.25, -0.2) is 5.53 Å². The molecule has 0 aliphatic carbocycles. The zero-order valence-corrected chi connectivity index (χ0v) is 17.7. The highest BCUT2D eigenvalue weighted by Gasteiger charge is 2.28. The number of carbonyl (C=O) groups excluding carboxylic acids is 1. The molecule has 1 aliphatic rings. The Hall–Kier alpha value is -2.86. The third-order valence-electron chi connectivity index (χ3n) is 5.40. The average Bonchev–Trinajstić information content (AvgIpc) is 3.25. The van der Waals surface area contributed by atoms with Gasteiger partial charge in [0.2, 0.25) is 0 Å². The van der Waals surface area contributed by atoms with Gasteiger partial charge in [0.1, 0.15) is 0 Å². The van der Waals surface area contributed by atoms with Gasteiger partial charge in [-0.05, 0) is 24.0 Å². The van der Waals surface area contributed by atoms with Gasteiger partial charge in [-0.1, -0.05) is 86.3 Å². The summed E-state index contributed by atoms with van der Waals surface area (Å²) in [7, 11) is 1.45. The number of benzene rings is 2. The zero-order chi connectivity index (χ0) is 21.0. The van der Waals surface area contributed by atoms with E-state index in [-0.39, 0.29) is 11.9 Å². The standard InChI is InChI=1S/C24H32N4O2/c1-30-22(29)18-12-4-2-3-5-13-19-28-24(25-26-27-28)23(20-14-8-6-9-15-20)21-16-10-7-11-17-21/h6-11,14-17,23,26-27H,2-5,12-13,18-19H2,1H3. The van der Waals surface area contributed by atoms with Gasteiger partial charge in [-0.2, -0.15) is 0 Å². The maximum absolute atomic E-state index is 11.1. The SMILES string of the molecule is COC(=O)CCCCCCCCN1NNN=C1C(c1ccccc1)c1ccccc1. The molecule has 0 saturated carbocycles. The summed E-state index contributed by atoms with van der Waals surface area (Å²) in [6, 6.07) is 21.0. The van der Waals surface area contributed by atoms with Crippen LogP contribution in [0.5, 0.6) is 0 Å². The Morgan fingerprint density at radius 2 is 1.47 bits per heavy atom. The van der Waals surface area contributed by atoms with Crippen LogP contribution >= 0.6 is 0 Å². The number of esters is 1. The van der Waals surface area contributed by atoms with Crippen molar-refractivity contribution in [2.24, 2.45) is 5.10 Å². The third kappa shape index (κ3) is 6.32. The Balaban J connectivity index is 1.51. The molecule has 6 nitrogen and oxygen atoms in total. The molecule has 0 amide bonds. The maximum atomic E-state index is 11.1. The quantitative estimate of drug-likeness (QED) is 0.403. The molecule has 30 heavy (non-hydrogen) atoms. The second-order valence-corrected chi connectivity index (χ2v) is 7.55. The molecule has 2 N–H and O–H groups in total. The predicted octanol–water partition coefficient (Wildman–Crippen LogP) is 4.36. The lowest BCUT2D eigenvalue weighted by atomic mass is 9.90. The fourth-order valence-electron chi connectivity index (χ4n) is 3.78. The number of hydrogen-bond acceptors (Lipinski definition) is 6. The first-order valence-electron chi connectivity index (χ1n) is 10.8. The van der Waals surface area contributed by atoms with Crippen molar-refractivity contribution in [3.8, 4) is 0 Å². The number of hydrazine groups is 2. The Labute approximate surface area is 179 Å². The van der Waals surface area contributed by atoms with Crippen LogP contribution in [-0.2, 0) is 9.53 Å². The van der Waals surface area contributed by atoms with E-state index >= 15 is 0 Å². The monoisotopic (exact) mass is 408 g/mol. The minimum Gasteiger partial charge on any atom is -0.469 e. The fourth-order valence-corrected chi connectivity index (χ4v) is 3.78. The van der Waals surface area contributed by atoms with Crippen molar-refractivity contribution in [1.29, 1.82) is 0 Å². The molecule has 2 aromatic carbocycles. The number of amidine groups is 1. The lowest BCUT2D eigenvalue weighted by molar-refractivity contribution is -0.140. The van der Waals surface area contributed by atoms with Crippen LogP contribution < -0.4 is 11.1 Å². The van der Waals surface area contributed by atoms with Gasteiger partial charge in [-0.3, -0.25) is 9.80 Å². The summed E-state index contributed by atoms with van der Waals surface area (Å²) in [4.78, 5) is 11.1. The van der Waals surface area contributed by atoms with Crippen LogP contribution in [0.2, 0.25) is 0 Å². The van der Waals surface area contributed by atoms with Crippen LogP contribution in [0, 0.1) is 0 Å². The highest BCUT2D eigenvalue weighted by atomic mass is 16.5. The van der Waals surface area contributed by atoms with Crippen LogP contribution in [0.1, 0.15) is 62.0 Å². The number of unbranched alkanes of at least 4 members (excludes halogenated alkanes) is 5. The number of methoxy groups -OCH3 is 1. The Morgan fingerprint density at radius 3 is 2.07 bits per heavy atom. The lowest BCUT2D eigenvalue weighted by Gasteiger charge is -2.25. The molecule has 1 heterocycles. The van der Waals surface area contributed by atoms with Gasteiger partial charge >= 0.3 is 5.97 Å². The zero-order valence-electron chi connectivity index (χ0n) is 17.7. The van der Waals surface area contributed by atoms with Crippen LogP contribution in [0.3, 0.4) is 0 Å². The van der Waals surface area contributed by atoms with E-state index in [9.17, 15) is 4.79 Å². The van der Waals surface area contributed by atoms with Gasteiger partial charge in [0.05, 0.1) is 13.0 Å². The summed E-state index contributed by atoms with van der Waals surface area (Å²) in [5.41, 5.74) is 8.58. The van der Waals surface area contributed by atoms with Crippen molar-refractivity contribution >= 4 is 11.8 Å². The van der Waals surface area contributed by atoms with Crippen LogP contribution in [-0.4, -0.2) is 30.5 Å². The molecule has 0 unspecified atom stereocenters. The summed E-state index contributed by atoms with van der Waals surface area (Å²) in [5, 5.41) is 6.70. The minimum atomic E-state index is -0.110. The molecule has 0 saturated heterocycles. The lowest BCUT2D eigenvalue weighted by Crippen LogP contribution is -2.43. The first kappa shape index (κ1) is 21.8. The van der Waals surface area contributed by atoms with Crippen molar-refractivity contribution < 1.29 is 9.53 Å². The first-order valence-corrected chi connectivity index (χ1v) is 10.8. The molecule has 2 aromatic rings. The van der Waals surface area contributed by atoms with Gasteiger partial charge in [0.25, 0.3) is 0 Å². The van der Waals surface area contributed by atoms with Crippen molar-refractivity contribution in [3.05, 3.63) is 71.8 Å². The maximum Gasteiger partial charge on any atom is 0.305 e. The summed E-state index contributed by atoms with van der Waals surface area (Å²) in [5.74, 6) is 0.958. The number of carbonyl (C=O) groups is 1. The molecule has 0 aromatic heterocycles. The van der Waals surface area contributed by atoms with E-state index in [0.717, 1.165) is 44.5 Å². The van der Waals surface area contributed by atoms with Crippen molar-refractivity contribution in [1.82, 2.24) is 16.1 Å². The summed E-state index contributed by atoms with van der Waals surface area (Å²) in [6.07, 6.45) is 7.09. The topological polar surface area (TPSA) is 66.0 Å². The highest BCUT2D eigenvalue weighted by Crippen LogP contribution is 2.28. The van der Waals surface area contributed by atoms with E-state index in [2.05, 4.69) is 74.4 Å². The molecule has 0 atom stereocenters. The van der Waals surface area contributed by atoms with Gasteiger partial charge in [0.15, 0.2) is 5.84 Å². The van der Waals surface area contributed by atoms with E-state index < -0.39 is 0 Å². The van der Waals surface area contributed by atoms with E-state index in [1.807, 2.05) is 12.1 Å². The average molecular weight is 409 g/mol. The fraction of sp³-hybridized carbons (Fsp3) is 0.417. The second kappa shape index (κ2) is 12.0. The predicted molar refractivity (Wildman–Crippen MR) is 119 cm³/mol. The van der Waals surface area contributed by atoms with Crippen molar-refractivity contribution in [2.75, 3.05) is 13.7 Å². The van der Waals surface area contributed by atoms with Crippen molar-refractivity contribution in [2.45, 2.75) is 50.9 Å². The number of nitrogens with zero attached hydrogens (tertiary/aromatic N) is 2. The first-order chi connectivity index (χ1) is 14.8. The largest absolute Gasteiger partial charge is 0.469 e. The summed E-state index contributed by atoms with van der Waals surface area (Å²) < 4.78 is 4.68. The second-order valence-electron chi connectivity index (χ2n) is 7.55. The third-order valence-corrected chi connectivity index (χ3v) is 5.40. The van der Waals surface area contributed by atoms with Gasteiger partial charge < -0.3 is 4.74 Å². The van der Waals surface area contributed by atoms with E-state index in [4.69, 9.17) is 0 Å². The van der Waals surface area contributed by atoms with Crippen molar-refractivity contribution in [3.63, 3.8) is 0 Å². The molecule has 1 aliphatic heterocycles.